The van der Waals surface area contributed by atoms with Crippen LogP contribution in [0.2, 0.25) is 0 Å². The van der Waals surface area contributed by atoms with Crippen molar-refractivity contribution < 1.29 is 4.74 Å². The number of hydrazine groups is 1. The van der Waals surface area contributed by atoms with Crippen LogP contribution in [0.5, 0.6) is 5.75 Å². The second-order valence-corrected chi connectivity index (χ2v) is 4.32. The Kier molecular flexibility index (Phi) is 4.36. The SMILES string of the molecule is CCNCC1CC(c2ccccc2OC)NN1. The lowest BCUT2D eigenvalue weighted by Gasteiger charge is -2.14. The van der Waals surface area contributed by atoms with Crippen molar-refractivity contribution in [3.8, 4) is 5.75 Å². The number of para-hydroxylation sites is 1. The fraction of sp³-hybridized carbons (Fsp3) is 0.538. The summed E-state index contributed by atoms with van der Waals surface area (Å²) in [6, 6.07) is 8.99. The maximum absolute atomic E-state index is 5.39. The molecule has 0 aromatic heterocycles. The highest BCUT2D eigenvalue weighted by Gasteiger charge is 2.26. The van der Waals surface area contributed by atoms with Crippen LogP contribution in [0.4, 0.5) is 0 Å². The Balaban J connectivity index is 1.99. The molecule has 1 aromatic carbocycles. The topological polar surface area (TPSA) is 45.3 Å². The minimum atomic E-state index is 0.329. The van der Waals surface area contributed by atoms with Gasteiger partial charge in [-0.15, -0.1) is 0 Å². The molecule has 1 aliphatic rings. The minimum absolute atomic E-state index is 0.329. The molecule has 0 saturated carbocycles. The first-order chi connectivity index (χ1) is 8.35. The van der Waals surface area contributed by atoms with E-state index in [9.17, 15) is 0 Å². The zero-order valence-electron chi connectivity index (χ0n) is 10.5. The Hall–Kier alpha value is -1.10. The molecule has 1 aromatic rings. The molecule has 2 atom stereocenters. The monoisotopic (exact) mass is 235 g/mol. The second-order valence-electron chi connectivity index (χ2n) is 4.32. The second kappa shape index (κ2) is 6.00. The number of hydrogen-bond donors (Lipinski definition) is 3. The maximum Gasteiger partial charge on any atom is 0.123 e. The molecular formula is C13H21N3O. The molecule has 0 aliphatic carbocycles. The van der Waals surface area contributed by atoms with Gasteiger partial charge in [0.25, 0.3) is 0 Å². The molecule has 1 aliphatic heterocycles. The molecule has 0 radical (unpaired) electrons. The molecule has 0 amide bonds. The molecule has 17 heavy (non-hydrogen) atoms. The fourth-order valence-corrected chi connectivity index (χ4v) is 2.23. The summed E-state index contributed by atoms with van der Waals surface area (Å²) in [7, 11) is 1.72. The molecule has 0 spiro atoms. The highest BCUT2D eigenvalue weighted by Crippen LogP contribution is 2.29. The van der Waals surface area contributed by atoms with Crippen molar-refractivity contribution in [1.82, 2.24) is 16.2 Å². The van der Waals surface area contributed by atoms with Crippen molar-refractivity contribution in [2.24, 2.45) is 0 Å². The Morgan fingerprint density at radius 2 is 2.18 bits per heavy atom. The summed E-state index contributed by atoms with van der Waals surface area (Å²) in [6.45, 7) is 4.13. The standard InChI is InChI=1S/C13H21N3O/c1-3-14-9-10-8-12(16-15-10)11-6-4-5-7-13(11)17-2/h4-7,10,12,14-16H,3,8-9H2,1-2H3. The minimum Gasteiger partial charge on any atom is -0.496 e. The summed E-state index contributed by atoms with van der Waals surface area (Å²) in [5, 5.41) is 3.36. The van der Waals surface area contributed by atoms with Crippen LogP contribution >= 0.6 is 0 Å². The summed E-state index contributed by atoms with van der Waals surface area (Å²) in [4.78, 5) is 0. The van der Waals surface area contributed by atoms with Gasteiger partial charge in [0, 0.05) is 18.2 Å². The Morgan fingerprint density at radius 1 is 1.35 bits per heavy atom. The lowest BCUT2D eigenvalue weighted by Crippen LogP contribution is -2.37. The van der Waals surface area contributed by atoms with Crippen LogP contribution in [0.1, 0.15) is 24.9 Å². The Labute approximate surface area is 103 Å². The lowest BCUT2D eigenvalue weighted by molar-refractivity contribution is 0.402. The van der Waals surface area contributed by atoms with E-state index in [1.165, 1.54) is 5.56 Å². The number of ether oxygens (including phenoxy) is 1. The van der Waals surface area contributed by atoms with Gasteiger partial charge >= 0.3 is 0 Å². The van der Waals surface area contributed by atoms with Crippen LogP contribution in [0.3, 0.4) is 0 Å². The van der Waals surface area contributed by atoms with Crippen LogP contribution in [-0.2, 0) is 0 Å². The van der Waals surface area contributed by atoms with Gasteiger partial charge in [0.1, 0.15) is 5.75 Å². The number of benzene rings is 1. The number of rotatable bonds is 5. The van der Waals surface area contributed by atoms with E-state index in [0.29, 0.717) is 12.1 Å². The van der Waals surface area contributed by atoms with E-state index >= 15 is 0 Å². The average Bonchev–Trinajstić information content (AvgIpc) is 2.85. The molecular weight excluding hydrogens is 214 g/mol. The van der Waals surface area contributed by atoms with Gasteiger partial charge in [-0.25, -0.2) is 5.43 Å². The fourth-order valence-electron chi connectivity index (χ4n) is 2.23. The molecule has 0 bridgehead atoms. The normalized spacial score (nSPS) is 23.9. The summed E-state index contributed by atoms with van der Waals surface area (Å²) >= 11 is 0. The van der Waals surface area contributed by atoms with Crippen LogP contribution in [0.15, 0.2) is 24.3 Å². The number of methoxy groups -OCH3 is 1. The van der Waals surface area contributed by atoms with Gasteiger partial charge in [0.05, 0.1) is 13.2 Å². The summed E-state index contributed by atoms with van der Waals surface area (Å²) < 4.78 is 5.39. The van der Waals surface area contributed by atoms with E-state index in [2.05, 4.69) is 35.2 Å². The third-order valence-electron chi connectivity index (χ3n) is 3.14. The smallest absolute Gasteiger partial charge is 0.123 e. The summed E-state index contributed by atoms with van der Waals surface area (Å²) in [5.41, 5.74) is 7.88. The predicted octanol–water partition coefficient (Wildman–Crippen LogP) is 1.21. The highest BCUT2D eigenvalue weighted by atomic mass is 16.5. The summed E-state index contributed by atoms with van der Waals surface area (Å²) in [5.74, 6) is 0.955. The lowest BCUT2D eigenvalue weighted by atomic mass is 10.0. The molecule has 2 unspecified atom stereocenters. The molecule has 4 heteroatoms. The molecule has 1 fully saturated rings. The first-order valence-corrected chi connectivity index (χ1v) is 6.19. The van der Waals surface area contributed by atoms with Crippen LogP contribution in [0.25, 0.3) is 0 Å². The molecule has 2 rings (SSSR count). The molecule has 3 N–H and O–H groups in total. The Morgan fingerprint density at radius 3 is 2.94 bits per heavy atom. The van der Waals surface area contributed by atoms with Crippen LogP contribution in [-0.4, -0.2) is 26.2 Å². The van der Waals surface area contributed by atoms with Crippen molar-refractivity contribution in [2.75, 3.05) is 20.2 Å². The first kappa shape index (κ1) is 12.4. The molecule has 94 valence electrons. The van der Waals surface area contributed by atoms with Crippen LogP contribution in [0, 0.1) is 0 Å². The average molecular weight is 235 g/mol. The van der Waals surface area contributed by atoms with Gasteiger partial charge in [-0.1, -0.05) is 25.1 Å². The number of hydrogen-bond acceptors (Lipinski definition) is 4. The van der Waals surface area contributed by atoms with E-state index in [0.717, 1.165) is 25.3 Å². The van der Waals surface area contributed by atoms with Crippen molar-refractivity contribution in [2.45, 2.75) is 25.4 Å². The van der Waals surface area contributed by atoms with E-state index < -0.39 is 0 Å². The predicted molar refractivity (Wildman–Crippen MR) is 69.0 cm³/mol. The van der Waals surface area contributed by atoms with Gasteiger partial charge in [-0.3, -0.25) is 5.43 Å². The van der Waals surface area contributed by atoms with E-state index in [1.807, 2.05) is 12.1 Å². The molecule has 1 saturated heterocycles. The first-order valence-electron chi connectivity index (χ1n) is 6.19. The van der Waals surface area contributed by atoms with Crippen molar-refractivity contribution in [3.63, 3.8) is 0 Å². The maximum atomic E-state index is 5.39. The number of nitrogens with one attached hydrogen (secondary N) is 3. The van der Waals surface area contributed by atoms with E-state index in [1.54, 1.807) is 7.11 Å². The third-order valence-corrected chi connectivity index (χ3v) is 3.14. The van der Waals surface area contributed by atoms with Gasteiger partial charge in [0.15, 0.2) is 0 Å². The largest absolute Gasteiger partial charge is 0.496 e. The van der Waals surface area contributed by atoms with Crippen LogP contribution < -0.4 is 20.9 Å². The van der Waals surface area contributed by atoms with Gasteiger partial charge in [-0.2, -0.15) is 0 Å². The number of likely N-dealkylation sites (N-methyl/N-ethyl adjacent to an activating group) is 1. The van der Waals surface area contributed by atoms with Gasteiger partial charge < -0.3 is 10.1 Å². The zero-order valence-corrected chi connectivity index (χ0v) is 10.5. The van der Waals surface area contributed by atoms with Crippen molar-refractivity contribution in [3.05, 3.63) is 29.8 Å². The molecule has 4 nitrogen and oxygen atoms in total. The molecule has 1 heterocycles. The quantitative estimate of drug-likeness (QED) is 0.718. The van der Waals surface area contributed by atoms with Crippen molar-refractivity contribution >= 4 is 0 Å². The van der Waals surface area contributed by atoms with Gasteiger partial charge in [0.2, 0.25) is 0 Å². The Bertz CT molecular complexity index is 356. The van der Waals surface area contributed by atoms with Crippen molar-refractivity contribution in [1.29, 1.82) is 0 Å². The third kappa shape index (κ3) is 2.97. The van der Waals surface area contributed by atoms with E-state index in [4.69, 9.17) is 4.74 Å². The zero-order chi connectivity index (χ0) is 12.1. The highest BCUT2D eigenvalue weighted by molar-refractivity contribution is 5.36. The van der Waals surface area contributed by atoms with Gasteiger partial charge in [-0.05, 0) is 19.0 Å². The summed E-state index contributed by atoms with van der Waals surface area (Å²) in [6.07, 6.45) is 1.08. The van der Waals surface area contributed by atoms with E-state index in [-0.39, 0.29) is 0 Å².